The summed E-state index contributed by atoms with van der Waals surface area (Å²) in [7, 11) is 0. The van der Waals surface area contributed by atoms with E-state index in [0.717, 1.165) is 11.3 Å². The second-order valence-corrected chi connectivity index (χ2v) is 5.61. The summed E-state index contributed by atoms with van der Waals surface area (Å²) in [5.74, 6) is -0.884. The second-order valence-electron chi connectivity index (χ2n) is 4.05. The van der Waals surface area contributed by atoms with Gasteiger partial charge in [0.2, 0.25) is 9.47 Å². The Morgan fingerprint density at radius 3 is 2.44 bits per heavy atom. The number of aromatic nitrogens is 2. The topological polar surface area (TPSA) is 46.1 Å². The molecule has 0 aromatic carbocycles. The number of alkyl halides is 3. The predicted octanol–water partition coefficient (Wildman–Crippen LogP) is 2.85. The first kappa shape index (κ1) is 15.2. The van der Waals surface area contributed by atoms with E-state index in [4.69, 9.17) is 11.6 Å². The minimum Gasteiger partial charge on any atom is -0.327 e. The van der Waals surface area contributed by atoms with E-state index in [1.807, 2.05) is 0 Å². The minimum absolute atomic E-state index is 0.00442. The zero-order valence-corrected chi connectivity index (χ0v) is 11.2. The molecule has 1 aromatic heterocycles. The van der Waals surface area contributed by atoms with Crippen molar-refractivity contribution < 1.29 is 18.0 Å². The molecule has 1 aromatic rings. The van der Waals surface area contributed by atoms with Gasteiger partial charge in [0.1, 0.15) is 6.54 Å². The largest absolute Gasteiger partial charge is 0.406 e. The summed E-state index contributed by atoms with van der Waals surface area (Å²) in [5, 5.41) is 6.72. The van der Waals surface area contributed by atoms with E-state index in [2.05, 4.69) is 10.2 Å². The Hall–Kier alpha value is -0.890. The Labute approximate surface area is 111 Å². The number of nitrogens with zero attached hydrogens (tertiary/aromatic N) is 3. The Morgan fingerprint density at radius 2 is 2.06 bits per heavy atom. The van der Waals surface area contributed by atoms with Crippen LogP contribution in [0.1, 0.15) is 23.6 Å². The average molecular weight is 302 g/mol. The van der Waals surface area contributed by atoms with E-state index in [1.165, 1.54) is 0 Å². The van der Waals surface area contributed by atoms with Crippen molar-refractivity contribution in [2.24, 2.45) is 5.92 Å². The maximum absolute atomic E-state index is 12.4. The molecule has 0 spiro atoms. The number of hydrogen-bond donors (Lipinski definition) is 0. The molecule has 0 unspecified atom stereocenters. The monoisotopic (exact) mass is 301 g/mol. The van der Waals surface area contributed by atoms with E-state index in [9.17, 15) is 18.0 Å². The van der Waals surface area contributed by atoms with Crippen molar-refractivity contribution in [2.45, 2.75) is 20.0 Å². The first-order valence-electron chi connectivity index (χ1n) is 5.04. The van der Waals surface area contributed by atoms with E-state index >= 15 is 0 Å². The lowest BCUT2D eigenvalue weighted by atomic mass is 10.2. The van der Waals surface area contributed by atoms with Crippen LogP contribution in [0.15, 0.2) is 0 Å². The van der Waals surface area contributed by atoms with Gasteiger partial charge in [0, 0.05) is 6.54 Å². The fraction of sp³-hybridized carbons (Fsp3) is 0.667. The highest BCUT2D eigenvalue weighted by molar-refractivity contribution is 7.17. The molecule has 0 N–H and O–H groups in total. The van der Waals surface area contributed by atoms with Gasteiger partial charge in [0.25, 0.3) is 5.91 Å². The molecule has 1 heterocycles. The molecule has 0 bridgehead atoms. The quantitative estimate of drug-likeness (QED) is 0.859. The van der Waals surface area contributed by atoms with Crippen molar-refractivity contribution in [3.8, 4) is 0 Å². The molecule has 0 saturated carbocycles. The highest BCUT2D eigenvalue weighted by atomic mass is 35.5. The van der Waals surface area contributed by atoms with Crippen LogP contribution in [0, 0.1) is 5.92 Å². The van der Waals surface area contributed by atoms with Gasteiger partial charge in [-0.15, -0.1) is 10.2 Å². The maximum Gasteiger partial charge on any atom is 0.406 e. The van der Waals surface area contributed by atoms with Crippen molar-refractivity contribution in [3.63, 3.8) is 0 Å². The number of rotatable bonds is 4. The first-order chi connectivity index (χ1) is 8.19. The SMILES string of the molecule is CC(C)CN(CC(F)(F)F)C(=O)c1nnc(Cl)s1. The molecule has 1 amide bonds. The highest BCUT2D eigenvalue weighted by Crippen LogP contribution is 2.21. The van der Waals surface area contributed by atoms with E-state index in [-0.39, 0.29) is 21.9 Å². The van der Waals surface area contributed by atoms with Crippen LogP contribution in [0.4, 0.5) is 13.2 Å². The first-order valence-corrected chi connectivity index (χ1v) is 6.23. The van der Waals surface area contributed by atoms with Crippen LogP contribution < -0.4 is 0 Å². The van der Waals surface area contributed by atoms with Crippen LogP contribution in [-0.4, -0.2) is 40.3 Å². The van der Waals surface area contributed by atoms with Gasteiger partial charge >= 0.3 is 6.18 Å². The Kier molecular flexibility index (Phi) is 4.92. The molecule has 0 aliphatic carbocycles. The van der Waals surface area contributed by atoms with Gasteiger partial charge < -0.3 is 4.90 Å². The molecular weight excluding hydrogens is 291 g/mol. The Bertz CT molecular complexity index is 421. The molecule has 0 aliphatic heterocycles. The third-order valence-electron chi connectivity index (χ3n) is 1.83. The summed E-state index contributed by atoms with van der Waals surface area (Å²) in [5.41, 5.74) is 0. The summed E-state index contributed by atoms with van der Waals surface area (Å²) < 4.78 is 37.2. The summed E-state index contributed by atoms with van der Waals surface area (Å²) in [6.07, 6.45) is -4.45. The van der Waals surface area contributed by atoms with E-state index in [0.29, 0.717) is 4.90 Å². The van der Waals surface area contributed by atoms with Gasteiger partial charge in [-0.25, -0.2) is 0 Å². The standard InChI is InChI=1S/C9H11ClF3N3OS/c1-5(2)3-16(4-9(11,12)13)7(17)6-14-15-8(10)18-6/h5H,3-4H2,1-2H3. The zero-order chi connectivity index (χ0) is 13.9. The summed E-state index contributed by atoms with van der Waals surface area (Å²) in [6.45, 7) is 2.14. The number of carbonyl (C=O) groups is 1. The van der Waals surface area contributed by atoms with E-state index < -0.39 is 18.6 Å². The summed E-state index contributed by atoms with van der Waals surface area (Å²) in [4.78, 5) is 12.6. The molecule has 0 radical (unpaired) electrons. The van der Waals surface area contributed by atoms with Crippen LogP contribution >= 0.6 is 22.9 Å². The van der Waals surface area contributed by atoms with Gasteiger partial charge in [-0.2, -0.15) is 13.2 Å². The fourth-order valence-electron chi connectivity index (χ4n) is 1.30. The molecule has 4 nitrogen and oxygen atoms in total. The predicted molar refractivity (Wildman–Crippen MR) is 61.7 cm³/mol. The lowest BCUT2D eigenvalue weighted by Crippen LogP contribution is -2.41. The number of amides is 1. The molecule has 1 rings (SSSR count). The Balaban J connectivity index is 2.85. The number of carbonyl (C=O) groups excluding carboxylic acids is 1. The number of hydrogen-bond acceptors (Lipinski definition) is 4. The molecule has 0 atom stereocenters. The Morgan fingerprint density at radius 1 is 1.44 bits per heavy atom. The summed E-state index contributed by atoms with van der Waals surface area (Å²) in [6, 6.07) is 0. The van der Waals surface area contributed by atoms with E-state index in [1.54, 1.807) is 13.8 Å². The molecule has 0 fully saturated rings. The molecule has 0 saturated heterocycles. The van der Waals surface area contributed by atoms with Crippen LogP contribution in [-0.2, 0) is 0 Å². The van der Waals surface area contributed by atoms with Crippen LogP contribution in [0.3, 0.4) is 0 Å². The lowest BCUT2D eigenvalue weighted by molar-refractivity contribution is -0.141. The smallest absolute Gasteiger partial charge is 0.327 e. The normalized spacial score (nSPS) is 11.9. The molecule has 9 heteroatoms. The van der Waals surface area contributed by atoms with Gasteiger partial charge in [-0.1, -0.05) is 25.2 Å². The lowest BCUT2D eigenvalue weighted by Gasteiger charge is -2.24. The third kappa shape index (κ3) is 4.77. The van der Waals surface area contributed by atoms with Gasteiger partial charge in [-0.3, -0.25) is 4.79 Å². The second kappa shape index (κ2) is 5.83. The van der Waals surface area contributed by atoms with Gasteiger partial charge in [0.05, 0.1) is 0 Å². The maximum atomic E-state index is 12.4. The van der Waals surface area contributed by atoms with Crippen molar-refractivity contribution in [1.29, 1.82) is 0 Å². The van der Waals surface area contributed by atoms with Crippen molar-refractivity contribution in [1.82, 2.24) is 15.1 Å². The third-order valence-corrected chi connectivity index (χ3v) is 2.83. The van der Waals surface area contributed by atoms with Crippen molar-refractivity contribution >= 4 is 28.8 Å². The van der Waals surface area contributed by atoms with Crippen LogP contribution in [0.2, 0.25) is 4.47 Å². The number of halogens is 4. The summed E-state index contributed by atoms with van der Waals surface area (Å²) >= 11 is 6.26. The minimum atomic E-state index is -4.45. The van der Waals surface area contributed by atoms with Crippen molar-refractivity contribution in [2.75, 3.05) is 13.1 Å². The molecular formula is C9H11ClF3N3OS. The molecule has 102 valence electrons. The van der Waals surface area contributed by atoms with Crippen LogP contribution in [0.5, 0.6) is 0 Å². The average Bonchev–Trinajstić information content (AvgIpc) is 2.59. The molecule has 0 aliphatic rings. The zero-order valence-electron chi connectivity index (χ0n) is 9.66. The van der Waals surface area contributed by atoms with Gasteiger partial charge in [-0.05, 0) is 17.5 Å². The van der Waals surface area contributed by atoms with Crippen molar-refractivity contribution in [3.05, 3.63) is 9.47 Å². The van der Waals surface area contributed by atoms with Crippen LogP contribution in [0.25, 0.3) is 0 Å². The highest BCUT2D eigenvalue weighted by Gasteiger charge is 2.34. The molecule has 18 heavy (non-hydrogen) atoms. The van der Waals surface area contributed by atoms with Gasteiger partial charge in [0.15, 0.2) is 0 Å². The fourth-order valence-corrected chi connectivity index (χ4v) is 2.10.